The van der Waals surface area contributed by atoms with Crippen LogP contribution in [-0.2, 0) is 0 Å². The zero-order valence-corrected chi connectivity index (χ0v) is 12.4. The summed E-state index contributed by atoms with van der Waals surface area (Å²) in [5.41, 5.74) is 2.12. The number of nitrogens with one attached hydrogen (secondary N) is 1. The fourth-order valence-electron chi connectivity index (χ4n) is 3.15. The average Bonchev–Trinajstić information content (AvgIpc) is 3.32. The van der Waals surface area contributed by atoms with Crippen LogP contribution in [0.3, 0.4) is 0 Å². The van der Waals surface area contributed by atoms with Crippen LogP contribution in [-0.4, -0.2) is 12.6 Å². The van der Waals surface area contributed by atoms with Crippen LogP contribution < -0.4 is 5.32 Å². The van der Waals surface area contributed by atoms with E-state index in [9.17, 15) is 8.78 Å². The van der Waals surface area contributed by atoms with Crippen molar-refractivity contribution in [2.75, 3.05) is 6.54 Å². The Hall–Kier alpha value is -1.22. The van der Waals surface area contributed by atoms with Gasteiger partial charge < -0.3 is 5.32 Å². The van der Waals surface area contributed by atoms with Gasteiger partial charge in [0, 0.05) is 12.6 Å². The smallest absolute Gasteiger partial charge is 0.159 e. The highest BCUT2D eigenvalue weighted by Gasteiger charge is 2.23. The highest BCUT2D eigenvalue weighted by Crippen LogP contribution is 2.31. The zero-order chi connectivity index (χ0) is 14.7. The highest BCUT2D eigenvalue weighted by molar-refractivity contribution is 5.54. The van der Waals surface area contributed by atoms with Crippen LogP contribution in [0.5, 0.6) is 0 Å². The Kier molecular flexibility index (Phi) is 4.69. The summed E-state index contributed by atoms with van der Waals surface area (Å²) in [7, 11) is 0. The minimum atomic E-state index is -0.775. The molecule has 0 aliphatic heterocycles. The lowest BCUT2D eigenvalue weighted by Crippen LogP contribution is -2.24. The molecule has 114 valence electrons. The molecule has 3 rings (SSSR count). The molecule has 2 aliphatic rings. The van der Waals surface area contributed by atoms with Crippen LogP contribution in [0, 0.1) is 17.6 Å². The third-order valence-electron chi connectivity index (χ3n) is 4.60. The van der Waals surface area contributed by atoms with Gasteiger partial charge in [0.2, 0.25) is 0 Å². The van der Waals surface area contributed by atoms with Crippen molar-refractivity contribution < 1.29 is 8.78 Å². The maximum Gasteiger partial charge on any atom is 0.159 e. The van der Waals surface area contributed by atoms with E-state index < -0.39 is 11.6 Å². The molecule has 1 aromatic carbocycles. The average molecular weight is 291 g/mol. The lowest BCUT2D eigenvalue weighted by molar-refractivity contribution is 0.396. The summed E-state index contributed by atoms with van der Waals surface area (Å²) in [4.78, 5) is 0. The fourth-order valence-corrected chi connectivity index (χ4v) is 3.15. The van der Waals surface area contributed by atoms with Crippen LogP contribution in [0.15, 0.2) is 23.8 Å². The van der Waals surface area contributed by atoms with Crippen molar-refractivity contribution in [1.82, 2.24) is 5.32 Å². The van der Waals surface area contributed by atoms with Crippen molar-refractivity contribution in [3.63, 3.8) is 0 Å². The lowest BCUT2D eigenvalue weighted by atomic mass is 9.83. The summed E-state index contributed by atoms with van der Waals surface area (Å²) in [5, 5.41) is 3.56. The number of benzene rings is 1. The second kappa shape index (κ2) is 6.69. The first-order valence-electron chi connectivity index (χ1n) is 8.11. The SMILES string of the molecule is Fc1ccc(/C=C(/CNC2CC2)C2CCCCC2)cc1F. The molecule has 2 saturated carbocycles. The largest absolute Gasteiger partial charge is 0.310 e. The van der Waals surface area contributed by atoms with E-state index in [0.717, 1.165) is 12.1 Å². The van der Waals surface area contributed by atoms with Crippen molar-refractivity contribution >= 4 is 6.08 Å². The molecule has 2 aliphatic carbocycles. The molecule has 1 aromatic rings. The van der Waals surface area contributed by atoms with Crippen LogP contribution in [0.25, 0.3) is 6.08 Å². The van der Waals surface area contributed by atoms with Crippen LogP contribution in [0.1, 0.15) is 50.5 Å². The van der Waals surface area contributed by atoms with Gasteiger partial charge in [0.25, 0.3) is 0 Å². The van der Waals surface area contributed by atoms with Crippen molar-refractivity contribution in [2.45, 2.75) is 51.0 Å². The maximum absolute atomic E-state index is 13.4. The monoisotopic (exact) mass is 291 g/mol. The Morgan fingerprint density at radius 3 is 2.48 bits per heavy atom. The zero-order valence-electron chi connectivity index (χ0n) is 12.4. The van der Waals surface area contributed by atoms with E-state index in [1.54, 1.807) is 6.07 Å². The Bertz CT molecular complexity index is 514. The molecule has 1 nitrogen and oxygen atoms in total. The molecule has 0 saturated heterocycles. The number of halogens is 2. The molecule has 0 heterocycles. The summed E-state index contributed by atoms with van der Waals surface area (Å²) in [6.45, 7) is 0.883. The van der Waals surface area contributed by atoms with Crippen LogP contribution in [0.4, 0.5) is 8.78 Å². The van der Waals surface area contributed by atoms with Crippen LogP contribution >= 0.6 is 0 Å². The summed E-state index contributed by atoms with van der Waals surface area (Å²) >= 11 is 0. The molecule has 2 fully saturated rings. The van der Waals surface area contributed by atoms with Gasteiger partial charge in [-0.25, -0.2) is 8.78 Å². The standard InChI is InChI=1S/C18H23F2N/c19-17-9-6-13(11-18(17)20)10-15(12-21-16-7-8-16)14-4-2-1-3-5-14/h6,9-11,14,16,21H,1-5,7-8,12H2/b15-10-. The Balaban J connectivity index is 1.77. The van der Waals surface area contributed by atoms with Gasteiger partial charge in [-0.15, -0.1) is 0 Å². The Morgan fingerprint density at radius 2 is 1.81 bits per heavy atom. The minimum absolute atomic E-state index is 0.595. The summed E-state index contributed by atoms with van der Waals surface area (Å²) in [5.74, 6) is -0.942. The summed E-state index contributed by atoms with van der Waals surface area (Å²) < 4.78 is 26.4. The van der Waals surface area contributed by atoms with Gasteiger partial charge in [0.15, 0.2) is 11.6 Å². The fraction of sp³-hybridized carbons (Fsp3) is 0.556. The third kappa shape index (κ3) is 4.13. The molecule has 3 heteroatoms. The Labute approximate surface area is 125 Å². The molecular weight excluding hydrogens is 268 g/mol. The molecule has 0 aromatic heterocycles. The van der Waals surface area contributed by atoms with Crippen molar-refractivity contribution in [3.8, 4) is 0 Å². The molecule has 0 bridgehead atoms. The quantitative estimate of drug-likeness (QED) is 0.830. The van der Waals surface area contributed by atoms with Crippen molar-refractivity contribution in [3.05, 3.63) is 41.0 Å². The Morgan fingerprint density at radius 1 is 1.05 bits per heavy atom. The maximum atomic E-state index is 13.4. The van der Waals surface area contributed by atoms with Crippen molar-refractivity contribution in [2.24, 2.45) is 5.92 Å². The van der Waals surface area contributed by atoms with Gasteiger partial charge in [-0.2, -0.15) is 0 Å². The topological polar surface area (TPSA) is 12.0 Å². The number of rotatable bonds is 5. The summed E-state index contributed by atoms with van der Waals surface area (Å²) in [6, 6.07) is 4.85. The molecular formula is C18H23F2N. The highest BCUT2D eigenvalue weighted by atomic mass is 19.2. The van der Waals surface area contributed by atoms with Gasteiger partial charge in [0.05, 0.1) is 0 Å². The lowest BCUT2D eigenvalue weighted by Gasteiger charge is -2.25. The number of hydrogen-bond donors (Lipinski definition) is 1. The molecule has 0 amide bonds. The molecule has 0 atom stereocenters. The normalized spacial score (nSPS) is 20.8. The first-order valence-corrected chi connectivity index (χ1v) is 8.11. The molecule has 21 heavy (non-hydrogen) atoms. The second-order valence-electron chi connectivity index (χ2n) is 6.38. The molecule has 0 spiro atoms. The van der Waals surface area contributed by atoms with E-state index in [1.807, 2.05) is 0 Å². The summed E-state index contributed by atoms with van der Waals surface area (Å²) in [6.07, 6.45) is 10.9. The third-order valence-corrected chi connectivity index (χ3v) is 4.60. The minimum Gasteiger partial charge on any atom is -0.310 e. The van der Waals surface area contributed by atoms with E-state index in [4.69, 9.17) is 0 Å². The van der Waals surface area contributed by atoms with Crippen molar-refractivity contribution in [1.29, 1.82) is 0 Å². The van der Waals surface area contributed by atoms with E-state index >= 15 is 0 Å². The van der Waals surface area contributed by atoms with Gasteiger partial charge in [-0.3, -0.25) is 0 Å². The predicted octanol–water partition coefficient (Wildman–Crippen LogP) is 4.68. The second-order valence-corrected chi connectivity index (χ2v) is 6.38. The van der Waals surface area contributed by atoms with E-state index in [1.165, 1.54) is 62.7 Å². The van der Waals surface area contributed by atoms with E-state index in [2.05, 4.69) is 11.4 Å². The van der Waals surface area contributed by atoms with E-state index in [0.29, 0.717) is 12.0 Å². The van der Waals surface area contributed by atoms with Gasteiger partial charge in [0.1, 0.15) is 0 Å². The van der Waals surface area contributed by atoms with Crippen LogP contribution in [0.2, 0.25) is 0 Å². The first-order chi connectivity index (χ1) is 10.2. The number of hydrogen-bond acceptors (Lipinski definition) is 1. The first kappa shape index (κ1) is 14.7. The molecule has 1 N–H and O–H groups in total. The van der Waals surface area contributed by atoms with Gasteiger partial charge in [-0.1, -0.05) is 37.0 Å². The van der Waals surface area contributed by atoms with E-state index in [-0.39, 0.29) is 0 Å². The molecule has 0 unspecified atom stereocenters. The molecule has 0 radical (unpaired) electrons. The predicted molar refractivity (Wildman–Crippen MR) is 81.9 cm³/mol. The van der Waals surface area contributed by atoms with Gasteiger partial charge >= 0.3 is 0 Å². The van der Waals surface area contributed by atoms with Gasteiger partial charge in [-0.05, 0) is 49.3 Å².